The lowest BCUT2D eigenvalue weighted by molar-refractivity contribution is -0.119. The third-order valence-electron chi connectivity index (χ3n) is 4.77. The molecule has 148 valence electrons. The molecule has 1 heterocycles. The zero-order valence-electron chi connectivity index (χ0n) is 16.2. The van der Waals surface area contributed by atoms with Crippen LogP contribution in [0.3, 0.4) is 0 Å². The molecule has 1 N–H and O–H groups in total. The van der Waals surface area contributed by atoms with Gasteiger partial charge in [-0.15, -0.1) is 11.8 Å². The maximum Gasteiger partial charge on any atom is 0.339 e. The van der Waals surface area contributed by atoms with Gasteiger partial charge in [-0.2, -0.15) is 0 Å². The summed E-state index contributed by atoms with van der Waals surface area (Å²) in [5.41, 5.74) is 3.30. The second-order valence-corrected chi connectivity index (χ2v) is 7.88. The second kappa shape index (κ2) is 9.75. The number of carbonyl (C=O) groups is 2. The summed E-state index contributed by atoms with van der Waals surface area (Å²) in [6.45, 7) is 4.41. The first-order valence-electron chi connectivity index (χ1n) is 9.41. The summed E-state index contributed by atoms with van der Waals surface area (Å²) in [6.07, 6.45) is 2.38. The molecular weight excluding hydrogens is 374 g/mol. The Bertz CT molecular complexity index is 846. The molecule has 5 nitrogen and oxygen atoms in total. The Morgan fingerprint density at radius 3 is 2.79 bits per heavy atom. The van der Waals surface area contributed by atoms with E-state index >= 15 is 0 Å². The van der Waals surface area contributed by atoms with Gasteiger partial charge in [-0.25, -0.2) is 4.79 Å². The van der Waals surface area contributed by atoms with Crippen LogP contribution in [0.1, 0.15) is 34.3 Å². The fourth-order valence-electron chi connectivity index (χ4n) is 3.00. The molecular formula is C22H25NO4S. The maximum absolute atomic E-state index is 12.5. The number of benzene rings is 2. The molecule has 0 aliphatic carbocycles. The van der Waals surface area contributed by atoms with Gasteiger partial charge in [0.2, 0.25) is 0 Å². The Kier molecular flexibility index (Phi) is 7.12. The summed E-state index contributed by atoms with van der Waals surface area (Å²) in [5, 5.41) is 2.80. The monoisotopic (exact) mass is 399 g/mol. The molecule has 2 aromatic carbocycles. The fourth-order valence-corrected chi connectivity index (χ4v) is 4.11. The number of carbonyl (C=O) groups excluding carboxylic acids is 2. The van der Waals surface area contributed by atoms with Gasteiger partial charge in [0.1, 0.15) is 0 Å². The van der Waals surface area contributed by atoms with Crippen molar-refractivity contribution in [3.63, 3.8) is 0 Å². The van der Waals surface area contributed by atoms with Crippen LogP contribution in [-0.4, -0.2) is 36.9 Å². The summed E-state index contributed by atoms with van der Waals surface area (Å²) in [7, 11) is 0. The van der Waals surface area contributed by atoms with E-state index < -0.39 is 5.97 Å². The molecule has 1 fully saturated rings. The van der Waals surface area contributed by atoms with Crippen LogP contribution >= 0.6 is 11.8 Å². The number of amides is 1. The van der Waals surface area contributed by atoms with Crippen LogP contribution in [0.5, 0.6) is 0 Å². The lowest BCUT2D eigenvalue weighted by atomic mass is 10.1. The van der Waals surface area contributed by atoms with Crippen molar-refractivity contribution in [3.8, 4) is 0 Å². The zero-order valence-corrected chi connectivity index (χ0v) is 17.0. The topological polar surface area (TPSA) is 64.6 Å². The van der Waals surface area contributed by atoms with Gasteiger partial charge < -0.3 is 14.8 Å². The number of anilines is 1. The number of hydrogen-bond donors (Lipinski definition) is 1. The van der Waals surface area contributed by atoms with Crippen molar-refractivity contribution in [2.45, 2.75) is 37.7 Å². The number of rotatable bonds is 7. The molecule has 3 rings (SSSR count). The smallest absolute Gasteiger partial charge is 0.339 e. The highest BCUT2D eigenvalue weighted by Gasteiger charge is 2.19. The van der Waals surface area contributed by atoms with Crippen LogP contribution in [-0.2, 0) is 14.3 Å². The van der Waals surface area contributed by atoms with Crippen molar-refractivity contribution in [2.75, 3.05) is 24.3 Å². The number of esters is 1. The van der Waals surface area contributed by atoms with Gasteiger partial charge >= 0.3 is 5.97 Å². The highest BCUT2D eigenvalue weighted by atomic mass is 32.2. The molecule has 0 radical (unpaired) electrons. The Labute approximate surface area is 169 Å². The SMILES string of the molecule is Cc1cccc(NC(=O)COC(=O)c2ccccc2SC[C@H]2CCCO2)c1C. The Hall–Kier alpha value is -2.31. The van der Waals surface area contributed by atoms with E-state index in [0.29, 0.717) is 5.56 Å². The van der Waals surface area contributed by atoms with E-state index in [9.17, 15) is 9.59 Å². The van der Waals surface area contributed by atoms with E-state index in [1.54, 1.807) is 23.9 Å². The molecule has 0 bridgehead atoms. The highest BCUT2D eigenvalue weighted by Crippen LogP contribution is 2.27. The molecule has 0 spiro atoms. The average molecular weight is 400 g/mol. The zero-order chi connectivity index (χ0) is 19.9. The molecule has 0 unspecified atom stereocenters. The van der Waals surface area contributed by atoms with Gasteiger partial charge in [-0.1, -0.05) is 24.3 Å². The van der Waals surface area contributed by atoms with E-state index in [2.05, 4.69) is 5.32 Å². The first kappa shape index (κ1) is 20.4. The summed E-state index contributed by atoms with van der Waals surface area (Å²) in [6, 6.07) is 13.0. The van der Waals surface area contributed by atoms with Crippen LogP contribution in [0.4, 0.5) is 5.69 Å². The molecule has 1 aliphatic rings. The van der Waals surface area contributed by atoms with Crippen molar-refractivity contribution in [2.24, 2.45) is 0 Å². The Balaban J connectivity index is 1.55. The number of thioether (sulfide) groups is 1. The average Bonchev–Trinajstić information content (AvgIpc) is 3.22. The highest BCUT2D eigenvalue weighted by molar-refractivity contribution is 7.99. The first-order valence-corrected chi connectivity index (χ1v) is 10.4. The van der Waals surface area contributed by atoms with Gasteiger partial charge in [-0.3, -0.25) is 4.79 Å². The van der Waals surface area contributed by atoms with Gasteiger partial charge in [0, 0.05) is 22.9 Å². The number of aryl methyl sites for hydroxylation is 1. The molecule has 2 aromatic rings. The lowest BCUT2D eigenvalue weighted by Gasteiger charge is -2.13. The number of nitrogens with one attached hydrogen (secondary N) is 1. The van der Waals surface area contributed by atoms with Gasteiger partial charge in [0.15, 0.2) is 6.61 Å². The predicted octanol–water partition coefficient (Wildman–Crippen LogP) is 4.37. The summed E-state index contributed by atoms with van der Waals surface area (Å²) >= 11 is 1.59. The van der Waals surface area contributed by atoms with Crippen molar-refractivity contribution in [1.29, 1.82) is 0 Å². The Morgan fingerprint density at radius 2 is 2.00 bits per heavy atom. The van der Waals surface area contributed by atoms with Crippen LogP contribution in [0, 0.1) is 13.8 Å². The van der Waals surface area contributed by atoms with Gasteiger partial charge in [-0.05, 0) is 56.0 Å². The Morgan fingerprint density at radius 1 is 1.18 bits per heavy atom. The molecule has 1 saturated heterocycles. The van der Waals surface area contributed by atoms with E-state index in [4.69, 9.17) is 9.47 Å². The second-order valence-electron chi connectivity index (χ2n) is 6.81. The summed E-state index contributed by atoms with van der Waals surface area (Å²) in [4.78, 5) is 25.5. The van der Waals surface area contributed by atoms with Crippen LogP contribution in [0.25, 0.3) is 0 Å². The quantitative estimate of drug-likeness (QED) is 0.553. The standard InChI is InChI=1S/C22H25NO4S/c1-15-7-5-10-19(16(15)2)23-21(24)13-27-22(25)18-9-3-4-11-20(18)28-14-17-8-6-12-26-17/h3-5,7,9-11,17H,6,8,12-14H2,1-2H3,(H,23,24)/t17-/m1/s1. The number of ether oxygens (including phenoxy) is 2. The molecule has 0 aromatic heterocycles. The largest absolute Gasteiger partial charge is 0.452 e. The minimum atomic E-state index is -0.494. The molecule has 28 heavy (non-hydrogen) atoms. The van der Waals surface area contributed by atoms with Gasteiger partial charge in [0.25, 0.3) is 5.91 Å². The van der Waals surface area contributed by atoms with Crippen LogP contribution in [0.15, 0.2) is 47.4 Å². The lowest BCUT2D eigenvalue weighted by Crippen LogP contribution is -2.21. The van der Waals surface area contributed by atoms with Crippen molar-refractivity contribution >= 4 is 29.3 Å². The molecule has 1 aliphatic heterocycles. The third-order valence-corrected chi connectivity index (χ3v) is 5.97. The minimum Gasteiger partial charge on any atom is -0.452 e. The molecule has 1 amide bonds. The maximum atomic E-state index is 12.5. The third kappa shape index (κ3) is 5.36. The molecule has 1 atom stereocenters. The van der Waals surface area contributed by atoms with Crippen molar-refractivity contribution in [3.05, 3.63) is 59.2 Å². The van der Waals surface area contributed by atoms with E-state index in [1.165, 1.54) is 0 Å². The van der Waals surface area contributed by atoms with Gasteiger partial charge in [0.05, 0.1) is 11.7 Å². The van der Waals surface area contributed by atoms with E-state index in [1.807, 2.05) is 44.2 Å². The predicted molar refractivity (Wildman–Crippen MR) is 111 cm³/mol. The normalized spacial score (nSPS) is 16.0. The summed E-state index contributed by atoms with van der Waals surface area (Å²) in [5.74, 6) is -0.0460. The summed E-state index contributed by atoms with van der Waals surface area (Å²) < 4.78 is 10.9. The number of hydrogen-bond acceptors (Lipinski definition) is 5. The minimum absolute atomic E-state index is 0.234. The molecule has 0 saturated carbocycles. The van der Waals surface area contributed by atoms with E-state index in [-0.39, 0.29) is 18.6 Å². The van der Waals surface area contributed by atoms with E-state index in [0.717, 1.165) is 46.9 Å². The fraction of sp³-hybridized carbons (Fsp3) is 0.364. The first-order chi connectivity index (χ1) is 13.5. The van der Waals surface area contributed by atoms with Crippen LogP contribution < -0.4 is 5.32 Å². The molecule has 6 heteroatoms. The van der Waals surface area contributed by atoms with Crippen molar-refractivity contribution in [1.82, 2.24) is 0 Å². The van der Waals surface area contributed by atoms with Crippen molar-refractivity contribution < 1.29 is 19.1 Å². The van der Waals surface area contributed by atoms with Crippen LogP contribution in [0.2, 0.25) is 0 Å².